The molecule has 0 saturated heterocycles. The first kappa shape index (κ1) is 13.0. The Morgan fingerprint density at radius 3 is 2.43 bits per heavy atom. The molecule has 0 fully saturated rings. The van der Waals surface area contributed by atoms with Gasteiger partial charge >= 0.3 is 11.7 Å². The van der Waals surface area contributed by atoms with Gasteiger partial charge in [-0.1, -0.05) is 6.07 Å². The van der Waals surface area contributed by atoms with E-state index in [0.717, 1.165) is 16.7 Å². The number of imidazole rings is 1. The van der Waals surface area contributed by atoms with Crippen LogP contribution in [-0.2, 0) is 0 Å². The number of nitrogens with one attached hydrogen (secondary N) is 1. The van der Waals surface area contributed by atoms with Crippen molar-refractivity contribution in [1.82, 2.24) is 9.55 Å². The molecule has 0 spiro atoms. The third kappa shape index (κ3) is 1.99. The summed E-state index contributed by atoms with van der Waals surface area (Å²) in [5, 5.41) is 8.91. The van der Waals surface area contributed by atoms with Crippen LogP contribution in [0.2, 0.25) is 0 Å². The molecule has 0 bridgehead atoms. The molecule has 0 saturated carbocycles. The highest BCUT2D eigenvalue weighted by Crippen LogP contribution is 2.21. The Morgan fingerprint density at radius 1 is 1.14 bits per heavy atom. The van der Waals surface area contributed by atoms with E-state index in [9.17, 15) is 18.4 Å². The number of nitrogens with zero attached hydrogens (tertiary/aromatic N) is 1. The lowest BCUT2D eigenvalue weighted by molar-refractivity contribution is 0.0697. The van der Waals surface area contributed by atoms with Gasteiger partial charge in [0.25, 0.3) is 0 Å². The Morgan fingerprint density at radius 2 is 1.81 bits per heavy atom. The maximum atomic E-state index is 13.8. The van der Waals surface area contributed by atoms with E-state index in [2.05, 4.69) is 4.98 Å². The van der Waals surface area contributed by atoms with Crippen molar-refractivity contribution in [3.05, 3.63) is 64.1 Å². The summed E-state index contributed by atoms with van der Waals surface area (Å²) >= 11 is 0. The van der Waals surface area contributed by atoms with Gasteiger partial charge in [0.15, 0.2) is 0 Å². The molecule has 0 aliphatic heterocycles. The van der Waals surface area contributed by atoms with E-state index in [1.165, 1.54) is 24.3 Å². The molecule has 0 aliphatic rings. The largest absolute Gasteiger partial charge is 0.478 e. The number of rotatable bonds is 2. The number of para-hydroxylation sites is 1. The minimum atomic E-state index is -1.16. The summed E-state index contributed by atoms with van der Waals surface area (Å²) in [5.41, 5.74) is -0.921. The maximum absolute atomic E-state index is 13.8. The lowest BCUT2D eigenvalue weighted by Crippen LogP contribution is -2.17. The number of aromatic carboxylic acids is 1. The van der Waals surface area contributed by atoms with Crippen LogP contribution in [0, 0.1) is 11.6 Å². The topological polar surface area (TPSA) is 75.1 Å². The number of hydrogen-bond donors (Lipinski definition) is 2. The van der Waals surface area contributed by atoms with Crippen molar-refractivity contribution in [2.24, 2.45) is 0 Å². The molecular weight excluding hydrogens is 282 g/mol. The molecule has 1 aromatic heterocycles. The molecule has 2 N–H and O–H groups in total. The molecule has 2 aromatic carbocycles. The van der Waals surface area contributed by atoms with Gasteiger partial charge < -0.3 is 10.1 Å². The van der Waals surface area contributed by atoms with Gasteiger partial charge in [-0.25, -0.2) is 18.4 Å². The summed E-state index contributed by atoms with van der Waals surface area (Å²) < 4.78 is 28.5. The van der Waals surface area contributed by atoms with Crippen LogP contribution in [0.25, 0.3) is 16.7 Å². The van der Waals surface area contributed by atoms with Crippen molar-refractivity contribution in [2.45, 2.75) is 0 Å². The first-order chi connectivity index (χ1) is 9.99. The van der Waals surface area contributed by atoms with Crippen LogP contribution in [0.15, 0.2) is 41.2 Å². The Balaban J connectivity index is 2.36. The number of halogens is 2. The van der Waals surface area contributed by atoms with Crippen LogP contribution in [0.1, 0.15) is 10.4 Å². The van der Waals surface area contributed by atoms with Crippen molar-refractivity contribution in [3.8, 4) is 5.69 Å². The minimum absolute atomic E-state index is 0.0371. The van der Waals surface area contributed by atoms with E-state index >= 15 is 0 Å². The zero-order chi connectivity index (χ0) is 15.1. The molecule has 7 heteroatoms. The second-order valence-corrected chi connectivity index (χ2v) is 4.37. The number of carbonyl (C=O) groups is 1. The zero-order valence-electron chi connectivity index (χ0n) is 10.4. The van der Waals surface area contributed by atoms with Crippen molar-refractivity contribution in [2.75, 3.05) is 0 Å². The Bertz CT molecular complexity index is 907. The van der Waals surface area contributed by atoms with Gasteiger partial charge in [-0.3, -0.25) is 4.57 Å². The molecule has 3 aromatic rings. The van der Waals surface area contributed by atoms with Crippen molar-refractivity contribution in [1.29, 1.82) is 0 Å². The van der Waals surface area contributed by atoms with Gasteiger partial charge in [-0.15, -0.1) is 0 Å². The van der Waals surface area contributed by atoms with Gasteiger partial charge in [0.1, 0.15) is 17.3 Å². The van der Waals surface area contributed by atoms with Crippen LogP contribution in [-0.4, -0.2) is 20.6 Å². The molecule has 1 heterocycles. The Hall–Kier alpha value is -2.96. The van der Waals surface area contributed by atoms with E-state index in [4.69, 9.17) is 5.11 Å². The number of aromatic amines is 1. The fraction of sp³-hybridized carbons (Fsp3) is 0. The summed E-state index contributed by atoms with van der Waals surface area (Å²) in [4.78, 5) is 25.2. The number of aromatic nitrogens is 2. The quantitative estimate of drug-likeness (QED) is 0.760. The summed E-state index contributed by atoms with van der Waals surface area (Å²) in [7, 11) is 0. The molecule has 3 rings (SSSR count). The fourth-order valence-corrected chi connectivity index (χ4v) is 2.17. The number of H-pyrrole nitrogens is 1. The molecule has 0 atom stereocenters. The van der Waals surface area contributed by atoms with Gasteiger partial charge in [-0.2, -0.15) is 0 Å². The number of carboxylic acid groups (broad SMARTS) is 1. The van der Waals surface area contributed by atoms with Crippen LogP contribution >= 0.6 is 0 Å². The van der Waals surface area contributed by atoms with Gasteiger partial charge in [0.05, 0.1) is 16.6 Å². The number of hydrogen-bond acceptors (Lipinski definition) is 2. The van der Waals surface area contributed by atoms with Crippen molar-refractivity contribution >= 4 is 17.0 Å². The average Bonchev–Trinajstić information content (AvgIpc) is 2.74. The van der Waals surface area contributed by atoms with Crippen LogP contribution < -0.4 is 5.69 Å². The summed E-state index contributed by atoms with van der Waals surface area (Å²) in [6.45, 7) is 0. The highest BCUT2D eigenvalue weighted by atomic mass is 19.1. The van der Waals surface area contributed by atoms with E-state index in [-0.39, 0.29) is 16.6 Å². The fourth-order valence-electron chi connectivity index (χ4n) is 2.17. The summed E-state index contributed by atoms with van der Waals surface area (Å²) in [6, 6.07) is 7.07. The van der Waals surface area contributed by atoms with Crippen LogP contribution in [0.3, 0.4) is 0 Å². The predicted octanol–water partition coefficient (Wildman–Crippen LogP) is 2.30. The molecule has 21 heavy (non-hydrogen) atoms. The number of fused-ring (bicyclic) bond motifs is 1. The number of carboxylic acids is 1. The Labute approximate surface area is 116 Å². The normalized spacial score (nSPS) is 11.0. The minimum Gasteiger partial charge on any atom is -0.478 e. The van der Waals surface area contributed by atoms with E-state index < -0.39 is 29.0 Å². The highest BCUT2D eigenvalue weighted by Gasteiger charge is 2.17. The smallest absolute Gasteiger partial charge is 0.335 e. The summed E-state index contributed by atoms with van der Waals surface area (Å²) in [6.07, 6.45) is 0. The van der Waals surface area contributed by atoms with E-state index in [1.54, 1.807) is 0 Å². The maximum Gasteiger partial charge on any atom is 0.335 e. The molecule has 0 unspecified atom stereocenters. The SMILES string of the molecule is O=C(O)c1ccc2c(c1)[nH]c(=O)n2-c1c(F)cccc1F. The lowest BCUT2D eigenvalue weighted by Gasteiger charge is -2.06. The zero-order valence-corrected chi connectivity index (χ0v) is 10.4. The van der Waals surface area contributed by atoms with Gasteiger partial charge in [-0.05, 0) is 30.3 Å². The standard InChI is InChI=1S/C14H8F2N2O3/c15-8-2-1-3-9(16)12(8)18-11-5-4-7(13(19)20)6-10(11)17-14(18)21/h1-6H,(H,17,21)(H,19,20). The van der Waals surface area contributed by atoms with Gasteiger partial charge in [0, 0.05) is 0 Å². The summed E-state index contributed by atoms with van der Waals surface area (Å²) in [5.74, 6) is -2.94. The lowest BCUT2D eigenvalue weighted by atomic mass is 10.2. The molecular formula is C14H8F2N2O3. The third-order valence-electron chi connectivity index (χ3n) is 3.09. The first-order valence-electron chi connectivity index (χ1n) is 5.91. The van der Waals surface area contributed by atoms with E-state index in [0.29, 0.717) is 0 Å². The second kappa shape index (κ2) is 4.55. The Kier molecular flexibility index (Phi) is 2.83. The van der Waals surface area contributed by atoms with Crippen molar-refractivity contribution in [3.63, 3.8) is 0 Å². The molecule has 106 valence electrons. The highest BCUT2D eigenvalue weighted by molar-refractivity contribution is 5.92. The van der Waals surface area contributed by atoms with Crippen LogP contribution in [0.4, 0.5) is 8.78 Å². The average molecular weight is 290 g/mol. The van der Waals surface area contributed by atoms with Gasteiger partial charge in [0.2, 0.25) is 0 Å². The number of benzene rings is 2. The molecule has 0 radical (unpaired) electrons. The molecule has 0 aliphatic carbocycles. The van der Waals surface area contributed by atoms with Crippen molar-refractivity contribution < 1.29 is 18.7 Å². The molecule has 0 amide bonds. The monoisotopic (exact) mass is 290 g/mol. The molecule has 5 nitrogen and oxygen atoms in total. The predicted molar refractivity (Wildman–Crippen MR) is 70.8 cm³/mol. The first-order valence-corrected chi connectivity index (χ1v) is 5.91. The second-order valence-electron chi connectivity index (χ2n) is 4.37. The van der Waals surface area contributed by atoms with E-state index in [1.807, 2.05) is 0 Å². The van der Waals surface area contributed by atoms with Crippen LogP contribution in [0.5, 0.6) is 0 Å². The third-order valence-corrected chi connectivity index (χ3v) is 3.09.